The van der Waals surface area contributed by atoms with E-state index in [4.69, 9.17) is 9.15 Å². The fourth-order valence-electron chi connectivity index (χ4n) is 3.20. The molecule has 130 valence electrons. The summed E-state index contributed by atoms with van der Waals surface area (Å²) in [6.45, 7) is 3.01. The standard InChI is InChI=1S/C20H22N2O3/c23-16-10-13-22(14-11-16)12-9-15-5-7-17(8-6-15)24-20-21-18-3-1-2-4-19(18)25-20/h1-8,16,23H,9-14H2/p+1. The Bertz CT molecular complexity index is 787. The Morgan fingerprint density at radius 2 is 1.84 bits per heavy atom. The zero-order valence-electron chi connectivity index (χ0n) is 14.1. The molecule has 25 heavy (non-hydrogen) atoms. The van der Waals surface area contributed by atoms with Crippen molar-refractivity contribution in [3.05, 3.63) is 54.1 Å². The number of nitrogens with one attached hydrogen (secondary N) is 1. The minimum atomic E-state index is -0.109. The van der Waals surface area contributed by atoms with Crippen LogP contribution in [-0.4, -0.2) is 35.7 Å². The Balaban J connectivity index is 1.33. The fourth-order valence-corrected chi connectivity index (χ4v) is 3.20. The maximum atomic E-state index is 9.56. The average Bonchev–Trinajstić information content (AvgIpc) is 3.05. The van der Waals surface area contributed by atoms with Gasteiger partial charge in [-0.1, -0.05) is 24.3 Å². The van der Waals surface area contributed by atoms with Gasteiger partial charge < -0.3 is 19.2 Å². The number of likely N-dealkylation sites (tertiary alicyclic amines) is 1. The first-order valence-electron chi connectivity index (χ1n) is 8.84. The van der Waals surface area contributed by atoms with Gasteiger partial charge in [-0.25, -0.2) is 0 Å². The number of oxazole rings is 1. The summed E-state index contributed by atoms with van der Waals surface area (Å²) in [6.07, 6.45) is 3.07. The molecule has 1 aliphatic heterocycles. The maximum absolute atomic E-state index is 9.56. The Morgan fingerprint density at radius 3 is 2.60 bits per heavy atom. The van der Waals surface area contributed by atoms with Gasteiger partial charge in [-0.3, -0.25) is 0 Å². The minimum Gasteiger partial charge on any atom is -0.393 e. The van der Waals surface area contributed by atoms with Crippen molar-refractivity contribution in [3.63, 3.8) is 0 Å². The SMILES string of the molecule is OC1CCN(CCc2ccc(Oc3[nH+]c4ccccc4o3)cc2)CC1. The molecule has 2 aromatic carbocycles. The van der Waals surface area contributed by atoms with Gasteiger partial charge in [0.2, 0.25) is 5.58 Å². The van der Waals surface area contributed by atoms with Crippen LogP contribution in [0.2, 0.25) is 0 Å². The highest BCUT2D eigenvalue weighted by Crippen LogP contribution is 2.22. The number of aromatic amines is 1. The van der Waals surface area contributed by atoms with Gasteiger partial charge in [-0.05, 0) is 43.0 Å². The zero-order valence-corrected chi connectivity index (χ0v) is 14.1. The molecular weight excluding hydrogens is 316 g/mol. The summed E-state index contributed by atoms with van der Waals surface area (Å²) in [5.41, 5.74) is 2.98. The number of aromatic nitrogens is 1. The number of H-pyrrole nitrogens is 1. The fraction of sp³-hybridized carbons (Fsp3) is 0.350. The second-order valence-corrected chi connectivity index (χ2v) is 6.58. The van der Waals surface area contributed by atoms with E-state index in [1.807, 2.05) is 36.4 Å². The first-order valence-corrected chi connectivity index (χ1v) is 8.84. The Labute approximate surface area is 146 Å². The maximum Gasteiger partial charge on any atom is 0.565 e. The number of benzene rings is 2. The number of hydrogen-bond acceptors (Lipinski definition) is 4. The summed E-state index contributed by atoms with van der Waals surface area (Å²) < 4.78 is 11.4. The smallest absolute Gasteiger partial charge is 0.393 e. The number of para-hydroxylation sites is 2. The first-order chi connectivity index (χ1) is 12.3. The van der Waals surface area contributed by atoms with E-state index in [9.17, 15) is 5.11 Å². The summed E-state index contributed by atoms with van der Waals surface area (Å²) in [7, 11) is 0. The largest absolute Gasteiger partial charge is 0.565 e. The van der Waals surface area contributed by atoms with Crippen LogP contribution in [-0.2, 0) is 6.42 Å². The van der Waals surface area contributed by atoms with E-state index in [1.165, 1.54) is 5.56 Å². The summed E-state index contributed by atoms with van der Waals surface area (Å²) in [4.78, 5) is 5.53. The molecule has 0 bridgehead atoms. The van der Waals surface area contributed by atoms with Crippen LogP contribution in [0.5, 0.6) is 11.8 Å². The van der Waals surface area contributed by atoms with Crippen LogP contribution in [0.15, 0.2) is 52.9 Å². The van der Waals surface area contributed by atoms with Crippen LogP contribution in [0.4, 0.5) is 0 Å². The van der Waals surface area contributed by atoms with E-state index in [0.29, 0.717) is 6.08 Å². The zero-order chi connectivity index (χ0) is 17.1. The van der Waals surface area contributed by atoms with Gasteiger partial charge in [0, 0.05) is 25.7 Å². The number of rotatable bonds is 5. The highest BCUT2D eigenvalue weighted by molar-refractivity contribution is 5.68. The molecular formula is C20H23N2O3+. The number of aliphatic hydroxyl groups is 1. The van der Waals surface area contributed by atoms with E-state index in [0.717, 1.165) is 55.7 Å². The lowest BCUT2D eigenvalue weighted by Gasteiger charge is -2.29. The van der Waals surface area contributed by atoms with Crippen LogP contribution >= 0.6 is 0 Å². The molecule has 0 atom stereocenters. The van der Waals surface area contributed by atoms with Gasteiger partial charge in [0.25, 0.3) is 5.52 Å². The predicted octanol–water partition coefficient (Wildman–Crippen LogP) is 3.04. The van der Waals surface area contributed by atoms with Crippen molar-refractivity contribution in [1.29, 1.82) is 0 Å². The van der Waals surface area contributed by atoms with Crippen molar-refractivity contribution < 1.29 is 19.2 Å². The molecule has 5 nitrogen and oxygen atoms in total. The summed E-state index contributed by atoms with van der Waals surface area (Å²) in [5, 5.41) is 9.56. The third-order valence-electron chi connectivity index (χ3n) is 4.73. The molecule has 3 aromatic rings. The summed E-state index contributed by atoms with van der Waals surface area (Å²) >= 11 is 0. The van der Waals surface area contributed by atoms with Gasteiger partial charge in [0.15, 0.2) is 0 Å². The van der Waals surface area contributed by atoms with Gasteiger partial charge in [0.05, 0.1) is 6.10 Å². The number of piperidine rings is 1. The second-order valence-electron chi connectivity index (χ2n) is 6.58. The summed E-state index contributed by atoms with van der Waals surface area (Å²) in [5.74, 6) is 0.750. The average molecular weight is 339 g/mol. The molecule has 0 saturated carbocycles. The molecule has 0 amide bonds. The molecule has 0 radical (unpaired) electrons. The molecule has 0 spiro atoms. The van der Waals surface area contributed by atoms with Crippen molar-refractivity contribution in [2.45, 2.75) is 25.4 Å². The van der Waals surface area contributed by atoms with E-state index in [2.05, 4.69) is 22.0 Å². The normalized spacial score (nSPS) is 16.4. The third-order valence-corrected chi connectivity index (χ3v) is 4.73. The van der Waals surface area contributed by atoms with Gasteiger partial charge in [-0.2, -0.15) is 0 Å². The first kappa shape index (κ1) is 16.1. The molecule has 0 unspecified atom stereocenters. The van der Waals surface area contributed by atoms with Crippen LogP contribution in [0, 0.1) is 0 Å². The highest BCUT2D eigenvalue weighted by atomic mass is 16.6. The van der Waals surface area contributed by atoms with E-state index < -0.39 is 0 Å². The number of fused-ring (bicyclic) bond motifs is 1. The Kier molecular flexibility index (Phi) is 4.68. The molecule has 1 fully saturated rings. The molecule has 1 aliphatic rings. The molecule has 1 saturated heterocycles. The quantitative estimate of drug-likeness (QED) is 0.776. The molecule has 2 heterocycles. The van der Waals surface area contributed by atoms with Crippen molar-refractivity contribution in [1.82, 2.24) is 4.90 Å². The topological polar surface area (TPSA) is 60.0 Å². The lowest BCUT2D eigenvalue weighted by molar-refractivity contribution is -0.370. The molecule has 0 aliphatic carbocycles. The van der Waals surface area contributed by atoms with E-state index >= 15 is 0 Å². The number of hydrogen-bond donors (Lipinski definition) is 1. The van der Waals surface area contributed by atoms with E-state index in [-0.39, 0.29) is 6.10 Å². The third kappa shape index (κ3) is 4.00. The molecule has 5 heteroatoms. The Hall–Kier alpha value is -2.37. The lowest BCUT2D eigenvalue weighted by Crippen LogP contribution is -2.37. The van der Waals surface area contributed by atoms with Crippen LogP contribution in [0.1, 0.15) is 18.4 Å². The lowest BCUT2D eigenvalue weighted by atomic mass is 10.1. The van der Waals surface area contributed by atoms with Crippen molar-refractivity contribution in [3.8, 4) is 11.8 Å². The van der Waals surface area contributed by atoms with Gasteiger partial charge in [0.1, 0.15) is 5.75 Å². The van der Waals surface area contributed by atoms with Crippen molar-refractivity contribution >= 4 is 11.1 Å². The predicted molar refractivity (Wildman–Crippen MR) is 94.7 cm³/mol. The number of nitrogens with zero attached hydrogens (tertiary/aromatic N) is 1. The van der Waals surface area contributed by atoms with E-state index in [1.54, 1.807) is 0 Å². The molecule has 2 N–H and O–H groups in total. The highest BCUT2D eigenvalue weighted by Gasteiger charge is 2.17. The summed E-state index contributed by atoms with van der Waals surface area (Å²) in [6, 6.07) is 15.9. The number of aliphatic hydroxyl groups excluding tert-OH is 1. The molecule has 4 rings (SSSR count). The monoisotopic (exact) mass is 339 g/mol. The van der Waals surface area contributed by atoms with Crippen LogP contribution < -0.4 is 9.72 Å². The Morgan fingerprint density at radius 1 is 1.08 bits per heavy atom. The molecule has 1 aromatic heterocycles. The second kappa shape index (κ2) is 7.25. The van der Waals surface area contributed by atoms with Crippen molar-refractivity contribution in [2.24, 2.45) is 0 Å². The van der Waals surface area contributed by atoms with Gasteiger partial charge in [-0.15, -0.1) is 4.98 Å². The van der Waals surface area contributed by atoms with Gasteiger partial charge >= 0.3 is 6.08 Å². The van der Waals surface area contributed by atoms with Crippen molar-refractivity contribution in [2.75, 3.05) is 19.6 Å². The van der Waals surface area contributed by atoms with Crippen LogP contribution in [0.25, 0.3) is 11.1 Å². The number of ether oxygens (including phenoxy) is 1. The van der Waals surface area contributed by atoms with Crippen LogP contribution in [0.3, 0.4) is 0 Å². The minimum absolute atomic E-state index is 0.109.